The van der Waals surface area contributed by atoms with Crippen molar-refractivity contribution in [2.75, 3.05) is 27.2 Å². The standard InChI is InChI=1S/C15H25N3O.FH/c1-6-7-8-14(12(2)3)17-15(16-4)19-11-13-9-10-18(13)5;/h6-8,13H,1,9-11H2,2-5H3,(H,16,17);1H/b8-7-;. The van der Waals surface area contributed by atoms with Crippen molar-refractivity contribution in [3.63, 3.8) is 0 Å². The first-order valence-corrected chi connectivity index (χ1v) is 6.62. The molecule has 0 aromatic heterocycles. The van der Waals surface area contributed by atoms with E-state index in [0.29, 0.717) is 18.7 Å². The molecule has 0 amide bonds. The predicted octanol–water partition coefficient (Wildman–Crippen LogP) is 2.47. The second-order valence-corrected chi connectivity index (χ2v) is 4.90. The summed E-state index contributed by atoms with van der Waals surface area (Å²) in [6.07, 6.45) is 6.80. The molecule has 1 aliphatic rings. The molecule has 1 heterocycles. The summed E-state index contributed by atoms with van der Waals surface area (Å²) < 4.78 is 5.73. The average Bonchev–Trinajstić information content (AvgIpc) is 2.39. The molecule has 1 rings (SSSR count). The Kier molecular flexibility index (Phi) is 8.56. The normalized spacial score (nSPS) is 19.0. The van der Waals surface area contributed by atoms with Crippen LogP contribution in [-0.4, -0.2) is 44.2 Å². The van der Waals surface area contributed by atoms with E-state index in [1.165, 1.54) is 12.0 Å². The molecule has 0 bridgehead atoms. The highest BCUT2D eigenvalue weighted by Gasteiger charge is 2.24. The van der Waals surface area contributed by atoms with Crippen LogP contribution in [0.2, 0.25) is 0 Å². The monoisotopic (exact) mass is 283 g/mol. The Labute approximate surface area is 121 Å². The molecule has 1 aliphatic heterocycles. The highest BCUT2D eigenvalue weighted by molar-refractivity contribution is 5.76. The molecule has 1 N–H and O–H groups in total. The number of halogens is 1. The Balaban J connectivity index is 0.00000361. The molecule has 0 aliphatic carbocycles. The summed E-state index contributed by atoms with van der Waals surface area (Å²) in [5, 5.41) is 3.21. The van der Waals surface area contributed by atoms with Gasteiger partial charge in [-0.15, -0.1) is 0 Å². The molecule has 5 heteroatoms. The number of hydrogen-bond donors (Lipinski definition) is 1. The number of hydrogen-bond acceptors (Lipinski definition) is 3. The molecule has 0 aromatic carbocycles. The van der Waals surface area contributed by atoms with E-state index in [1.807, 2.05) is 26.0 Å². The third-order valence-corrected chi connectivity index (χ3v) is 3.23. The van der Waals surface area contributed by atoms with Crippen molar-refractivity contribution < 1.29 is 9.44 Å². The molecular weight excluding hydrogens is 257 g/mol. The zero-order valence-electron chi connectivity index (χ0n) is 12.8. The largest absolute Gasteiger partial charge is 0.463 e. The van der Waals surface area contributed by atoms with Crippen LogP contribution in [0.4, 0.5) is 4.70 Å². The number of nitrogens with zero attached hydrogens (tertiary/aromatic N) is 2. The van der Waals surface area contributed by atoms with Crippen molar-refractivity contribution in [2.45, 2.75) is 26.3 Å². The highest BCUT2D eigenvalue weighted by Crippen LogP contribution is 2.14. The lowest BCUT2D eigenvalue weighted by Crippen LogP contribution is -2.48. The van der Waals surface area contributed by atoms with Gasteiger partial charge in [-0.05, 0) is 39.9 Å². The Morgan fingerprint density at radius 1 is 1.50 bits per heavy atom. The van der Waals surface area contributed by atoms with Crippen LogP contribution in [0.1, 0.15) is 20.3 Å². The minimum absolute atomic E-state index is 0. The van der Waals surface area contributed by atoms with E-state index in [4.69, 9.17) is 4.74 Å². The molecule has 0 aromatic rings. The van der Waals surface area contributed by atoms with E-state index in [0.717, 1.165) is 12.2 Å². The summed E-state index contributed by atoms with van der Waals surface area (Å²) in [6.45, 7) is 9.59. The zero-order valence-corrected chi connectivity index (χ0v) is 12.8. The first kappa shape index (κ1) is 18.4. The van der Waals surface area contributed by atoms with Crippen LogP contribution >= 0.6 is 0 Å². The van der Waals surface area contributed by atoms with Gasteiger partial charge in [0.25, 0.3) is 6.02 Å². The van der Waals surface area contributed by atoms with Gasteiger partial charge < -0.3 is 10.1 Å². The van der Waals surface area contributed by atoms with Crippen molar-refractivity contribution in [2.24, 2.45) is 4.99 Å². The average molecular weight is 283 g/mol. The number of allylic oxidation sites excluding steroid dienone is 4. The van der Waals surface area contributed by atoms with Crippen molar-refractivity contribution in [1.82, 2.24) is 10.2 Å². The van der Waals surface area contributed by atoms with E-state index in [1.54, 1.807) is 13.1 Å². The Hall–Kier alpha value is -1.62. The van der Waals surface area contributed by atoms with E-state index in [2.05, 4.69) is 28.8 Å². The lowest BCUT2D eigenvalue weighted by molar-refractivity contribution is 0.0705. The van der Waals surface area contributed by atoms with Gasteiger partial charge in [-0.3, -0.25) is 9.60 Å². The molecule has 0 radical (unpaired) electrons. The minimum Gasteiger partial charge on any atom is -0.463 e. The van der Waals surface area contributed by atoms with Crippen molar-refractivity contribution in [3.05, 3.63) is 36.1 Å². The predicted molar refractivity (Wildman–Crippen MR) is 83.7 cm³/mol. The van der Waals surface area contributed by atoms with E-state index in [-0.39, 0.29) is 4.70 Å². The van der Waals surface area contributed by atoms with Gasteiger partial charge in [-0.1, -0.05) is 24.3 Å². The minimum atomic E-state index is 0. The summed E-state index contributed by atoms with van der Waals surface area (Å²) in [5.74, 6) is 0. The van der Waals surface area contributed by atoms with Crippen LogP contribution in [0.5, 0.6) is 0 Å². The first-order valence-electron chi connectivity index (χ1n) is 6.62. The Morgan fingerprint density at radius 2 is 2.20 bits per heavy atom. The van der Waals surface area contributed by atoms with Gasteiger partial charge in [-0.25, -0.2) is 4.99 Å². The number of amidine groups is 1. The van der Waals surface area contributed by atoms with E-state index in [9.17, 15) is 0 Å². The smallest absolute Gasteiger partial charge is 0.288 e. The third-order valence-electron chi connectivity index (χ3n) is 3.23. The molecule has 1 saturated heterocycles. The fourth-order valence-electron chi connectivity index (χ4n) is 1.72. The third kappa shape index (κ3) is 5.57. The van der Waals surface area contributed by atoms with Crippen LogP contribution < -0.4 is 5.32 Å². The number of rotatable bonds is 5. The van der Waals surface area contributed by atoms with Gasteiger partial charge in [0.2, 0.25) is 0 Å². The van der Waals surface area contributed by atoms with Gasteiger partial charge in [-0.2, -0.15) is 0 Å². The summed E-state index contributed by atoms with van der Waals surface area (Å²) in [7, 11) is 3.84. The molecule has 1 atom stereocenters. The van der Waals surface area contributed by atoms with E-state index < -0.39 is 0 Å². The molecule has 20 heavy (non-hydrogen) atoms. The van der Waals surface area contributed by atoms with Crippen molar-refractivity contribution in [3.8, 4) is 0 Å². The molecule has 0 saturated carbocycles. The maximum absolute atomic E-state index is 5.73. The van der Waals surface area contributed by atoms with E-state index >= 15 is 0 Å². The zero-order chi connectivity index (χ0) is 14.3. The Morgan fingerprint density at radius 3 is 2.60 bits per heavy atom. The molecule has 114 valence electrons. The molecule has 0 spiro atoms. The first-order chi connectivity index (χ1) is 9.08. The lowest BCUT2D eigenvalue weighted by Gasteiger charge is -2.37. The second kappa shape index (κ2) is 9.31. The molecule has 1 unspecified atom stereocenters. The van der Waals surface area contributed by atoms with Crippen molar-refractivity contribution >= 4 is 6.02 Å². The maximum atomic E-state index is 5.73. The number of nitrogens with one attached hydrogen (secondary N) is 1. The van der Waals surface area contributed by atoms with Gasteiger partial charge in [0, 0.05) is 18.8 Å². The summed E-state index contributed by atoms with van der Waals surface area (Å²) in [5.41, 5.74) is 2.16. The number of ether oxygens (including phenoxy) is 1. The fourth-order valence-corrected chi connectivity index (χ4v) is 1.72. The van der Waals surface area contributed by atoms with Crippen molar-refractivity contribution in [1.29, 1.82) is 0 Å². The van der Waals surface area contributed by atoms with Crippen LogP contribution in [0.15, 0.2) is 41.1 Å². The molecular formula is C15H26FN3O. The lowest BCUT2D eigenvalue weighted by atomic mass is 10.1. The Bertz CT molecular complexity index is 398. The molecule has 4 nitrogen and oxygen atoms in total. The topological polar surface area (TPSA) is 36.9 Å². The fraction of sp³-hybridized carbons (Fsp3) is 0.533. The van der Waals surface area contributed by atoms with Gasteiger partial charge in [0.05, 0.1) is 0 Å². The second-order valence-electron chi connectivity index (χ2n) is 4.90. The van der Waals surface area contributed by atoms with Crippen LogP contribution in [0.3, 0.4) is 0 Å². The maximum Gasteiger partial charge on any atom is 0.288 e. The SMILES string of the molecule is C=C/C=C\C(NC(=NC)OCC1CCN1C)=C(C)C.F. The quantitative estimate of drug-likeness (QED) is 0.478. The van der Waals surface area contributed by atoms with Crippen LogP contribution in [-0.2, 0) is 4.74 Å². The van der Waals surface area contributed by atoms with Gasteiger partial charge in [0.1, 0.15) is 6.61 Å². The summed E-state index contributed by atoms with van der Waals surface area (Å²) in [4.78, 5) is 6.43. The number of likely N-dealkylation sites (N-methyl/N-ethyl adjacent to an activating group) is 1. The van der Waals surface area contributed by atoms with Gasteiger partial charge >= 0.3 is 0 Å². The summed E-state index contributed by atoms with van der Waals surface area (Å²) in [6, 6.07) is 1.07. The summed E-state index contributed by atoms with van der Waals surface area (Å²) >= 11 is 0. The number of likely N-dealkylation sites (tertiary alicyclic amines) is 1. The van der Waals surface area contributed by atoms with Crippen LogP contribution in [0, 0.1) is 0 Å². The van der Waals surface area contributed by atoms with Crippen LogP contribution in [0.25, 0.3) is 0 Å². The highest BCUT2D eigenvalue weighted by atomic mass is 19.0. The molecule has 1 fully saturated rings. The van der Waals surface area contributed by atoms with Gasteiger partial charge in [0.15, 0.2) is 0 Å². The number of aliphatic imine (C=N–C) groups is 1.